The molecule has 0 aromatic carbocycles. The van der Waals surface area contributed by atoms with Gasteiger partial charge in [-0.2, -0.15) is 0 Å². The van der Waals surface area contributed by atoms with Gasteiger partial charge >= 0.3 is 11.9 Å². The van der Waals surface area contributed by atoms with Crippen LogP contribution in [0.4, 0.5) is 0 Å². The van der Waals surface area contributed by atoms with E-state index < -0.39 is 11.2 Å². The number of esters is 1. The molecule has 0 spiro atoms. The van der Waals surface area contributed by atoms with Gasteiger partial charge in [0.25, 0.3) is 0 Å². The normalized spacial score (nSPS) is 12.2. The first-order chi connectivity index (χ1) is 6.07. The van der Waals surface area contributed by atoms with Crippen molar-refractivity contribution in [2.45, 2.75) is 25.0 Å². The second-order valence-corrected chi connectivity index (χ2v) is 3.98. The van der Waals surface area contributed by atoms with E-state index in [0.717, 1.165) is 0 Å². The van der Waals surface area contributed by atoms with E-state index in [1.165, 1.54) is 18.9 Å². The molecule has 1 N–H and O–H groups in total. The number of ether oxygens (including phenoxy) is 1. The van der Waals surface area contributed by atoms with Gasteiger partial charge in [0, 0.05) is 6.42 Å². The third-order valence-electron chi connectivity index (χ3n) is 1.47. The first-order valence-electron chi connectivity index (χ1n) is 3.99. The van der Waals surface area contributed by atoms with Gasteiger partial charge in [0.15, 0.2) is 0 Å². The molecule has 0 rings (SSSR count). The highest BCUT2D eigenvalue weighted by Gasteiger charge is 2.10. The highest BCUT2D eigenvalue weighted by Crippen LogP contribution is 2.12. The molecule has 0 aromatic rings. The fourth-order valence-corrected chi connectivity index (χ4v) is 1.46. The van der Waals surface area contributed by atoms with Gasteiger partial charge in [-0.15, -0.1) is 11.8 Å². The maximum Gasteiger partial charge on any atom is 0.316 e. The molecule has 0 aromatic heterocycles. The van der Waals surface area contributed by atoms with Crippen LogP contribution in [0.15, 0.2) is 0 Å². The van der Waals surface area contributed by atoms with Crippen LogP contribution >= 0.6 is 11.8 Å². The molecular formula is C8H14O4S. The minimum absolute atomic E-state index is 0.247. The highest BCUT2D eigenvalue weighted by molar-refractivity contribution is 8.00. The van der Waals surface area contributed by atoms with Crippen molar-refractivity contribution in [3.8, 4) is 0 Å². The Balaban J connectivity index is 3.35. The second kappa shape index (κ2) is 6.77. The van der Waals surface area contributed by atoms with Gasteiger partial charge in [-0.05, 0) is 19.1 Å². The zero-order valence-electron chi connectivity index (χ0n) is 7.78. The average molecular weight is 206 g/mol. The van der Waals surface area contributed by atoms with Crippen molar-refractivity contribution in [2.75, 3.05) is 12.9 Å². The smallest absolute Gasteiger partial charge is 0.316 e. The van der Waals surface area contributed by atoms with Crippen LogP contribution in [0.3, 0.4) is 0 Å². The lowest BCUT2D eigenvalue weighted by Crippen LogP contribution is -2.12. The lowest BCUT2D eigenvalue weighted by molar-refractivity contribution is -0.140. The molecule has 0 aliphatic rings. The van der Waals surface area contributed by atoms with Crippen LogP contribution in [-0.2, 0) is 14.3 Å². The average Bonchev–Trinajstić information content (AvgIpc) is 2.11. The Morgan fingerprint density at radius 3 is 2.62 bits per heavy atom. The van der Waals surface area contributed by atoms with E-state index in [2.05, 4.69) is 4.74 Å². The Labute approximate surface area is 81.6 Å². The molecular weight excluding hydrogens is 192 g/mol. The number of carboxylic acid groups (broad SMARTS) is 1. The van der Waals surface area contributed by atoms with Crippen LogP contribution in [0.2, 0.25) is 0 Å². The third-order valence-corrected chi connectivity index (χ3v) is 2.69. The van der Waals surface area contributed by atoms with Crippen LogP contribution in [0, 0.1) is 0 Å². The summed E-state index contributed by atoms with van der Waals surface area (Å²) in [6, 6.07) is 0. The first kappa shape index (κ1) is 12.3. The van der Waals surface area contributed by atoms with Crippen molar-refractivity contribution in [3.05, 3.63) is 0 Å². The summed E-state index contributed by atoms with van der Waals surface area (Å²) < 4.78 is 4.44. The van der Waals surface area contributed by atoms with Crippen molar-refractivity contribution >= 4 is 23.7 Å². The van der Waals surface area contributed by atoms with Gasteiger partial charge in [0.1, 0.15) is 0 Å². The van der Waals surface area contributed by atoms with Crippen LogP contribution in [0.1, 0.15) is 19.8 Å². The summed E-state index contributed by atoms with van der Waals surface area (Å²) in [5.74, 6) is -0.394. The molecule has 0 saturated carbocycles. The number of hydrogen-bond acceptors (Lipinski definition) is 4. The number of rotatable bonds is 6. The van der Waals surface area contributed by atoms with E-state index in [1.807, 2.05) is 0 Å². The summed E-state index contributed by atoms with van der Waals surface area (Å²) in [5.41, 5.74) is 0. The van der Waals surface area contributed by atoms with Gasteiger partial charge in [-0.3, -0.25) is 9.59 Å². The lowest BCUT2D eigenvalue weighted by atomic mass is 10.3. The van der Waals surface area contributed by atoms with Crippen LogP contribution in [0.25, 0.3) is 0 Å². The molecule has 13 heavy (non-hydrogen) atoms. The predicted molar refractivity (Wildman–Crippen MR) is 50.8 cm³/mol. The van der Waals surface area contributed by atoms with E-state index in [0.29, 0.717) is 18.6 Å². The van der Waals surface area contributed by atoms with Gasteiger partial charge in [0.05, 0.1) is 12.4 Å². The largest absolute Gasteiger partial charge is 0.480 e. The Morgan fingerprint density at radius 1 is 1.54 bits per heavy atom. The van der Waals surface area contributed by atoms with Crippen molar-refractivity contribution in [1.82, 2.24) is 0 Å². The van der Waals surface area contributed by atoms with E-state index >= 15 is 0 Å². The number of aliphatic carboxylic acids is 1. The Bertz CT molecular complexity index is 181. The molecule has 0 aliphatic carbocycles. The zero-order chi connectivity index (χ0) is 10.3. The van der Waals surface area contributed by atoms with Crippen LogP contribution in [0.5, 0.6) is 0 Å². The molecule has 0 heterocycles. The standard InChI is InChI=1S/C8H14O4S/c1-6(8(10)11)13-5-3-4-7(9)12-2/h6H,3-5H2,1-2H3,(H,10,11). The van der Waals surface area contributed by atoms with E-state index in [-0.39, 0.29) is 5.97 Å². The van der Waals surface area contributed by atoms with E-state index in [1.54, 1.807) is 6.92 Å². The number of carbonyl (C=O) groups is 2. The number of methoxy groups -OCH3 is 1. The molecule has 1 atom stereocenters. The fraction of sp³-hybridized carbons (Fsp3) is 0.750. The van der Waals surface area contributed by atoms with Gasteiger partial charge in [-0.25, -0.2) is 0 Å². The van der Waals surface area contributed by atoms with E-state index in [4.69, 9.17) is 5.11 Å². The Morgan fingerprint density at radius 2 is 2.15 bits per heavy atom. The monoisotopic (exact) mass is 206 g/mol. The molecule has 0 fully saturated rings. The number of thioether (sulfide) groups is 1. The first-order valence-corrected chi connectivity index (χ1v) is 5.04. The third kappa shape index (κ3) is 6.45. The summed E-state index contributed by atoms with van der Waals surface area (Å²) in [5, 5.41) is 8.12. The molecule has 0 radical (unpaired) electrons. The minimum atomic E-state index is -0.817. The molecule has 0 amide bonds. The number of carbonyl (C=O) groups excluding carboxylic acids is 1. The predicted octanol–water partition coefficient (Wildman–Crippen LogP) is 1.15. The summed E-state index contributed by atoms with van der Waals surface area (Å²) >= 11 is 1.33. The quantitative estimate of drug-likeness (QED) is 0.521. The van der Waals surface area contributed by atoms with Crippen molar-refractivity contribution in [3.63, 3.8) is 0 Å². The Kier molecular flexibility index (Phi) is 6.40. The van der Waals surface area contributed by atoms with Crippen molar-refractivity contribution in [1.29, 1.82) is 0 Å². The summed E-state index contributed by atoms with van der Waals surface area (Å²) in [7, 11) is 1.34. The highest BCUT2D eigenvalue weighted by atomic mass is 32.2. The summed E-state index contributed by atoms with van der Waals surface area (Å²) in [6.07, 6.45) is 1.02. The molecule has 4 nitrogen and oxygen atoms in total. The molecule has 0 aliphatic heterocycles. The number of hydrogen-bond donors (Lipinski definition) is 1. The summed E-state index contributed by atoms with van der Waals surface area (Å²) in [6.45, 7) is 1.63. The molecule has 0 bridgehead atoms. The maximum absolute atomic E-state index is 10.6. The van der Waals surface area contributed by atoms with Crippen molar-refractivity contribution in [2.24, 2.45) is 0 Å². The molecule has 0 saturated heterocycles. The topological polar surface area (TPSA) is 63.6 Å². The SMILES string of the molecule is COC(=O)CCCSC(C)C(=O)O. The van der Waals surface area contributed by atoms with Gasteiger partial charge in [0.2, 0.25) is 0 Å². The lowest BCUT2D eigenvalue weighted by Gasteiger charge is -2.04. The second-order valence-electron chi connectivity index (χ2n) is 2.53. The van der Waals surface area contributed by atoms with Gasteiger partial charge in [-0.1, -0.05) is 0 Å². The van der Waals surface area contributed by atoms with Gasteiger partial charge < -0.3 is 9.84 Å². The van der Waals surface area contributed by atoms with Crippen LogP contribution < -0.4 is 0 Å². The molecule has 1 unspecified atom stereocenters. The van der Waals surface area contributed by atoms with Crippen molar-refractivity contribution < 1.29 is 19.4 Å². The molecule has 76 valence electrons. The Hall–Kier alpha value is -0.710. The maximum atomic E-state index is 10.6. The number of carboxylic acids is 1. The summed E-state index contributed by atoms with van der Waals surface area (Å²) in [4.78, 5) is 21.0. The minimum Gasteiger partial charge on any atom is -0.480 e. The van der Waals surface area contributed by atoms with E-state index in [9.17, 15) is 9.59 Å². The fourth-order valence-electron chi connectivity index (χ4n) is 0.650. The molecule has 5 heteroatoms. The van der Waals surface area contributed by atoms with Crippen LogP contribution in [-0.4, -0.2) is 35.2 Å². The zero-order valence-corrected chi connectivity index (χ0v) is 8.60.